The molecule has 1 saturated heterocycles. The van der Waals surface area contributed by atoms with Gasteiger partial charge >= 0.3 is 5.00 Å². The van der Waals surface area contributed by atoms with E-state index < -0.39 is 0 Å². The molecule has 2 rings (SSSR count). The van der Waals surface area contributed by atoms with Crippen molar-refractivity contribution in [3.8, 4) is 0 Å². The van der Waals surface area contributed by atoms with Gasteiger partial charge in [-0.25, -0.2) is 4.98 Å². The van der Waals surface area contributed by atoms with Gasteiger partial charge in [-0.1, -0.05) is 6.92 Å². The Morgan fingerprint density at radius 2 is 2.50 bits per heavy atom. The predicted molar refractivity (Wildman–Crippen MR) is 63.1 cm³/mol. The van der Waals surface area contributed by atoms with Crippen molar-refractivity contribution in [2.24, 2.45) is 0 Å². The Balaban J connectivity index is 2.13. The first kappa shape index (κ1) is 11.3. The molecule has 6 nitrogen and oxygen atoms in total. The summed E-state index contributed by atoms with van der Waals surface area (Å²) in [5, 5.41) is 14.7. The van der Waals surface area contributed by atoms with E-state index >= 15 is 0 Å². The summed E-state index contributed by atoms with van der Waals surface area (Å²) in [6.45, 7) is 4.87. The third-order valence-electron chi connectivity index (χ3n) is 2.57. The van der Waals surface area contributed by atoms with Gasteiger partial charge in [0.15, 0.2) is 5.13 Å². The molecule has 0 aliphatic carbocycles. The van der Waals surface area contributed by atoms with Gasteiger partial charge in [-0.15, -0.1) is 0 Å². The smallest absolute Gasteiger partial charge is 0.342 e. The highest BCUT2D eigenvalue weighted by molar-refractivity contribution is 7.18. The number of nitrogens with one attached hydrogen (secondary N) is 1. The van der Waals surface area contributed by atoms with Crippen molar-refractivity contribution in [1.29, 1.82) is 0 Å². The molecule has 2 heterocycles. The van der Waals surface area contributed by atoms with E-state index in [1.807, 2.05) is 0 Å². The highest BCUT2D eigenvalue weighted by atomic mass is 32.1. The summed E-state index contributed by atoms with van der Waals surface area (Å²) >= 11 is 1.15. The standard InChI is InChI=1S/C9H14N4O2S/c1-2-3-12(7-4-10-5-7)9-11-6-8(16-9)13(14)15/h6-7,10H,2-5H2,1H3. The van der Waals surface area contributed by atoms with Crippen LogP contribution in [-0.2, 0) is 0 Å². The first-order chi connectivity index (χ1) is 7.72. The van der Waals surface area contributed by atoms with Crippen LogP contribution in [0.1, 0.15) is 13.3 Å². The summed E-state index contributed by atoms with van der Waals surface area (Å²) in [6.07, 6.45) is 2.36. The van der Waals surface area contributed by atoms with Gasteiger partial charge in [0.2, 0.25) is 0 Å². The molecule has 1 aromatic heterocycles. The Kier molecular flexibility index (Phi) is 3.35. The lowest BCUT2D eigenvalue weighted by atomic mass is 10.1. The number of nitro groups is 1. The molecule has 88 valence electrons. The van der Waals surface area contributed by atoms with Gasteiger partial charge < -0.3 is 10.2 Å². The second-order valence-corrected chi connectivity index (χ2v) is 4.73. The van der Waals surface area contributed by atoms with Gasteiger partial charge in [0, 0.05) is 19.6 Å². The summed E-state index contributed by atoms with van der Waals surface area (Å²) in [6, 6.07) is 0.436. The summed E-state index contributed by atoms with van der Waals surface area (Å²) in [4.78, 5) is 16.5. The number of thiazole rings is 1. The van der Waals surface area contributed by atoms with Gasteiger partial charge in [-0.3, -0.25) is 10.1 Å². The second kappa shape index (κ2) is 4.75. The van der Waals surface area contributed by atoms with E-state index in [2.05, 4.69) is 22.1 Å². The zero-order valence-electron chi connectivity index (χ0n) is 9.05. The van der Waals surface area contributed by atoms with Gasteiger partial charge in [-0.2, -0.15) is 0 Å². The molecule has 0 bridgehead atoms. The lowest BCUT2D eigenvalue weighted by molar-refractivity contribution is -0.380. The van der Waals surface area contributed by atoms with Crippen molar-refractivity contribution in [3.05, 3.63) is 16.3 Å². The molecule has 0 aromatic carbocycles. The van der Waals surface area contributed by atoms with E-state index in [0.717, 1.165) is 42.5 Å². The van der Waals surface area contributed by atoms with Crippen molar-refractivity contribution in [3.63, 3.8) is 0 Å². The quantitative estimate of drug-likeness (QED) is 0.621. The molecular weight excluding hydrogens is 228 g/mol. The average Bonchev–Trinajstić information content (AvgIpc) is 2.62. The number of rotatable bonds is 5. The lowest BCUT2D eigenvalue weighted by Crippen LogP contribution is -2.57. The lowest BCUT2D eigenvalue weighted by Gasteiger charge is -2.37. The molecule has 0 atom stereocenters. The predicted octanol–water partition coefficient (Wildman–Crippen LogP) is 1.24. The number of hydrogen-bond donors (Lipinski definition) is 1. The Bertz CT molecular complexity index is 377. The maximum absolute atomic E-state index is 10.6. The minimum Gasteiger partial charge on any atom is -0.342 e. The molecule has 1 aliphatic heterocycles. The average molecular weight is 242 g/mol. The van der Waals surface area contributed by atoms with Gasteiger partial charge in [0.1, 0.15) is 6.20 Å². The van der Waals surface area contributed by atoms with E-state index in [-0.39, 0.29) is 9.92 Å². The molecule has 1 aliphatic rings. The normalized spacial score (nSPS) is 15.8. The molecule has 0 spiro atoms. The van der Waals surface area contributed by atoms with Gasteiger partial charge in [0.05, 0.1) is 11.0 Å². The van der Waals surface area contributed by atoms with E-state index in [9.17, 15) is 10.1 Å². The molecule has 0 radical (unpaired) electrons. The van der Waals surface area contributed by atoms with Crippen LogP contribution >= 0.6 is 11.3 Å². The molecule has 0 amide bonds. The monoisotopic (exact) mass is 242 g/mol. The van der Waals surface area contributed by atoms with E-state index in [4.69, 9.17) is 0 Å². The van der Waals surface area contributed by atoms with Crippen LogP contribution in [0.5, 0.6) is 0 Å². The van der Waals surface area contributed by atoms with Crippen LogP contribution in [0.3, 0.4) is 0 Å². The Morgan fingerprint density at radius 1 is 1.75 bits per heavy atom. The summed E-state index contributed by atoms with van der Waals surface area (Å²) in [5.74, 6) is 0. The summed E-state index contributed by atoms with van der Waals surface area (Å²) in [5.41, 5.74) is 0. The van der Waals surface area contributed by atoms with E-state index in [1.165, 1.54) is 6.20 Å². The molecule has 1 aromatic rings. The fraction of sp³-hybridized carbons (Fsp3) is 0.667. The highest BCUT2D eigenvalue weighted by Gasteiger charge is 2.27. The van der Waals surface area contributed by atoms with Crippen molar-refractivity contribution in [2.45, 2.75) is 19.4 Å². The van der Waals surface area contributed by atoms with Gasteiger partial charge in [0.25, 0.3) is 0 Å². The third kappa shape index (κ3) is 2.14. The van der Waals surface area contributed by atoms with Crippen molar-refractivity contribution in [2.75, 3.05) is 24.5 Å². The maximum atomic E-state index is 10.6. The minimum absolute atomic E-state index is 0.114. The van der Waals surface area contributed by atoms with Gasteiger partial charge in [-0.05, 0) is 17.8 Å². The molecule has 0 unspecified atom stereocenters. The van der Waals surface area contributed by atoms with Crippen LogP contribution in [0, 0.1) is 10.1 Å². The largest absolute Gasteiger partial charge is 0.345 e. The van der Waals surface area contributed by atoms with Crippen LogP contribution in [0.4, 0.5) is 10.1 Å². The maximum Gasteiger partial charge on any atom is 0.345 e. The number of anilines is 1. The number of hydrogen-bond acceptors (Lipinski definition) is 6. The molecule has 16 heavy (non-hydrogen) atoms. The second-order valence-electron chi connectivity index (χ2n) is 3.74. The fourth-order valence-corrected chi connectivity index (χ4v) is 2.47. The van der Waals surface area contributed by atoms with Crippen LogP contribution < -0.4 is 10.2 Å². The summed E-state index contributed by atoms with van der Waals surface area (Å²) in [7, 11) is 0. The topological polar surface area (TPSA) is 71.3 Å². The first-order valence-electron chi connectivity index (χ1n) is 5.30. The zero-order chi connectivity index (χ0) is 11.5. The molecule has 1 fully saturated rings. The van der Waals surface area contributed by atoms with Crippen LogP contribution in [-0.4, -0.2) is 35.6 Å². The van der Waals surface area contributed by atoms with E-state index in [1.54, 1.807) is 0 Å². The Hall–Kier alpha value is -1.21. The Labute approximate surface area is 97.4 Å². The van der Waals surface area contributed by atoms with Crippen molar-refractivity contribution in [1.82, 2.24) is 10.3 Å². The minimum atomic E-state index is -0.385. The van der Waals surface area contributed by atoms with Crippen LogP contribution in [0.2, 0.25) is 0 Å². The molecule has 1 N–H and O–H groups in total. The summed E-state index contributed by atoms with van der Waals surface area (Å²) < 4.78 is 0. The zero-order valence-corrected chi connectivity index (χ0v) is 9.87. The molecular formula is C9H14N4O2S. The van der Waals surface area contributed by atoms with Crippen molar-refractivity contribution < 1.29 is 4.92 Å². The fourth-order valence-electron chi connectivity index (χ4n) is 1.64. The SMILES string of the molecule is CCCN(c1ncc([N+](=O)[O-])s1)C1CNC1. The highest BCUT2D eigenvalue weighted by Crippen LogP contribution is 2.30. The molecule has 7 heteroatoms. The molecule has 0 saturated carbocycles. The van der Waals surface area contributed by atoms with Crippen LogP contribution in [0.25, 0.3) is 0 Å². The third-order valence-corrected chi connectivity index (χ3v) is 3.56. The first-order valence-corrected chi connectivity index (χ1v) is 6.11. The number of aromatic nitrogens is 1. The van der Waals surface area contributed by atoms with Crippen LogP contribution in [0.15, 0.2) is 6.20 Å². The van der Waals surface area contributed by atoms with E-state index in [0.29, 0.717) is 6.04 Å². The Morgan fingerprint density at radius 3 is 2.94 bits per heavy atom. The van der Waals surface area contributed by atoms with Crippen molar-refractivity contribution >= 4 is 21.5 Å². The number of nitrogens with zero attached hydrogens (tertiary/aromatic N) is 3.